The Kier molecular flexibility index (Phi) is 6.34. The van der Waals surface area contributed by atoms with E-state index in [4.69, 9.17) is 9.47 Å². The molecular formula is C22H23F3O2. The predicted octanol–water partition coefficient (Wildman–Crippen LogP) is 6.06. The molecule has 1 heterocycles. The minimum absolute atomic E-state index is 0.0109. The summed E-state index contributed by atoms with van der Waals surface area (Å²) in [6, 6.07) is 7.34. The number of rotatable bonds is 5. The van der Waals surface area contributed by atoms with Gasteiger partial charge < -0.3 is 9.47 Å². The third-order valence-corrected chi connectivity index (χ3v) is 4.74. The maximum absolute atomic E-state index is 14.7. The first kappa shape index (κ1) is 19.6. The van der Waals surface area contributed by atoms with Crippen LogP contribution in [0.25, 0.3) is 17.2 Å². The monoisotopic (exact) mass is 376 g/mol. The molecule has 0 saturated carbocycles. The van der Waals surface area contributed by atoms with Crippen LogP contribution in [0.3, 0.4) is 0 Å². The Balaban J connectivity index is 1.86. The first-order chi connectivity index (χ1) is 13.0. The quantitative estimate of drug-likeness (QED) is 0.631. The van der Waals surface area contributed by atoms with Gasteiger partial charge in [-0.05, 0) is 38.3 Å². The summed E-state index contributed by atoms with van der Waals surface area (Å²) in [5, 5.41) is 0. The van der Waals surface area contributed by atoms with E-state index < -0.39 is 23.6 Å². The highest BCUT2D eigenvalue weighted by molar-refractivity contribution is 5.67. The normalized spacial score (nSPS) is 20.3. The number of hydrogen-bond acceptors (Lipinski definition) is 2. The number of halogens is 3. The Morgan fingerprint density at radius 3 is 2.48 bits per heavy atom. The zero-order valence-corrected chi connectivity index (χ0v) is 15.5. The van der Waals surface area contributed by atoms with E-state index >= 15 is 0 Å². The van der Waals surface area contributed by atoms with Gasteiger partial charge in [0.25, 0.3) is 0 Å². The third-order valence-electron chi connectivity index (χ3n) is 4.74. The fourth-order valence-electron chi connectivity index (χ4n) is 3.41. The second kappa shape index (κ2) is 8.72. The first-order valence-electron chi connectivity index (χ1n) is 9.18. The summed E-state index contributed by atoms with van der Waals surface area (Å²) in [7, 11) is 0. The fraction of sp³-hybridized carbons (Fsp3) is 0.364. The van der Waals surface area contributed by atoms with Crippen LogP contribution in [0.1, 0.15) is 43.9 Å². The summed E-state index contributed by atoms with van der Waals surface area (Å²) < 4.78 is 54.9. The molecule has 2 nitrogen and oxygen atoms in total. The standard InChI is InChI=1S/C22H23F3O2/c1-3-5-14-6-8-16(19(23)12-14)17-9-10-18(22(25)21(17)24)20-11-7-15(13-27-20)26-4-2/h3,5-6,8-10,12,15,20H,4,7,11,13H2,1-2H3/b5-3+. The summed E-state index contributed by atoms with van der Waals surface area (Å²) in [5.41, 5.74) is 0.767. The van der Waals surface area contributed by atoms with Gasteiger partial charge in [-0.3, -0.25) is 0 Å². The van der Waals surface area contributed by atoms with Gasteiger partial charge in [0.05, 0.1) is 18.8 Å². The summed E-state index contributed by atoms with van der Waals surface area (Å²) >= 11 is 0. The minimum Gasteiger partial charge on any atom is -0.376 e. The second-order valence-corrected chi connectivity index (χ2v) is 6.55. The van der Waals surface area contributed by atoms with Gasteiger partial charge in [0.2, 0.25) is 0 Å². The highest BCUT2D eigenvalue weighted by Crippen LogP contribution is 2.35. The van der Waals surface area contributed by atoms with Crippen molar-refractivity contribution in [1.29, 1.82) is 0 Å². The molecule has 0 N–H and O–H groups in total. The molecule has 0 radical (unpaired) electrons. The summed E-state index contributed by atoms with van der Waals surface area (Å²) in [6.07, 6.45) is 4.26. The molecule has 2 unspecified atom stereocenters. The maximum Gasteiger partial charge on any atom is 0.167 e. The molecule has 0 bridgehead atoms. The van der Waals surface area contributed by atoms with E-state index in [1.165, 1.54) is 24.3 Å². The van der Waals surface area contributed by atoms with Crippen molar-refractivity contribution in [1.82, 2.24) is 0 Å². The molecule has 1 saturated heterocycles. The van der Waals surface area contributed by atoms with Crippen LogP contribution >= 0.6 is 0 Å². The molecule has 2 atom stereocenters. The second-order valence-electron chi connectivity index (χ2n) is 6.55. The van der Waals surface area contributed by atoms with Crippen LogP contribution in [0.15, 0.2) is 36.4 Å². The lowest BCUT2D eigenvalue weighted by atomic mass is 9.95. The third kappa shape index (κ3) is 4.25. The van der Waals surface area contributed by atoms with Gasteiger partial charge in [-0.15, -0.1) is 0 Å². The molecule has 2 aromatic rings. The lowest BCUT2D eigenvalue weighted by Gasteiger charge is -2.29. The largest absolute Gasteiger partial charge is 0.376 e. The Hall–Kier alpha value is -2.11. The molecule has 144 valence electrons. The van der Waals surface area contributed by atoms with Crippen molar-refractivity contribution in [3.05, 3.63) is 65.0 Å². The van der Waals surface area contributed by atoms with Crippen LogP contribution in [-0.2, 0) is 9.47 Å². The molecule has 0 spiro atoms. The van der Waals surface area contributed by atoms with E-state index in [0.717, 1.165) is 6.42 Å². The zero-order chi connectivity index (χ0) is 19.4. The zero-order valence-electron chi connectivity index (χ0n) is 15.5. The maximum atomic E-state index is 14.7. The van der Waals surface area contributed by atoms with Crippen molar-refractivity contribution in [2.75, 3.05) is 13.2 Å². The van der Waals surface area contributed by atoms with Crippen molar-refractivity contribution < 1.29 is 22.6 Å². The molecule has 0 amide bonds. The van der Waals surface area contributed by atoms with Gasteiger partial charge in [-0.25, -0.2) is 13.2 Å². The SMILES string of the molecule is C/C=C/c1ccc(-c2ccc(C3CCC(OCC)CO3)c(F)c2F)c(F)c1. The Labute approximate surface area is 157 Å². The topological polar surface area (TPSA) is 18.5 Å². The van der Waals surface area contributed by atoms with Crippen molar-refractivity contribution in [3.63, 3.8) is 0 Å². The van der Waals surface area contributed by atoms with Crippen LogP contribution in [-0.4, -0.2) is 19.3 Å². The van der Waals surface area contributed by atoms with E-state index in [9.17, 15) is 13.2 Å². The van der Waals surface area contributed by atoms with Crippen LogP contribution in [0.4, 0.5) is 13.2 Å². The molecule has 0 aromatic heterocycles. The van der Waals surface area contributed by atoms with Crippen LogP contribution in [0.5, 0.6) is 0 Å². The number of hydrogen-bond donors (Lipinski definition) is 0. The van der Waals surface area contributed by atoms with Gasteiger partial charge in [-0.2, -0.15) is 0 Å². The van der Waals surface area contributed by atoms with Crippen LogP contribution < -0.4 is 0 Å². The predicted molar refractivity (Wildman–Crippen MR) is 99.8 cm³/mol. The molecule has 2 aromatic carbocycles. The van der Waals surface area contributed by atoms with Gasteiger partial charge in [0.1, 0.15) is 5.82 Å². The van der Waals surface area contributed by atoms with Crippen molar-refractivity contribution in [3.8, 4) is 11.1 Å². The van der Waals surface area contributed by atoms with Gasteiger partial charge in [0.15, 0.2) is 11.6 Å². The van der Waals surface area contributed by atoms with Crippen LogP contribution in [0.2, 0.25) is 0 Å². The lowest BCUT2D eigenvalue weighted by Crippen LogP contribution is -2.28. The van der Waals surface area contributed by atoms with Gasteiger partial charge >= 0.3 is 0 Å². The van der Waals surface area contributed by atoms with E-state index in [1.807, 2.05) is 13.8 Å². The number of benzene rings is 2. The van der Waals surface area contributed by atoms with Gasteiger partial charge in [-0.1, -0.05) is 36.4 Å². The smallest absolute Gasteiger partial charge is 0.167 e. The van der Waals surface area contributed by atoms with E-state index in [0.29, 0.717) is 25.2 Å². The highest BCUT2D eigenvalue weighted by Gasteiger charge is 2.27. The molecule has 1 aliphatic heterocycles. The number of allylic oxidation sites excluding steroid dienone is 1. The Morgan fingerprint density at radius 1 is 1.07 bits per heavy atom. The van der Waals surface area contributed by atoms with Crippen LogP contribution in [0, 0.1) is 17.5 Å². The minimum atomic E-state index is -1.05. The summed E-state index contributed by atoms with van der Waals surface area (Å²) in [4.78, 5) is 0. The molecule has 0 aliphatic carbocycles. The Bertz CT molecular complexity index is 825. The van der Waals surface area contributed by atoms with E-state index in [2.05, 4.69) is 0 Å². The average Bonchev–Trinajstić information content (AvgIpc) is 2.66. The number of ether oxygens (including phenoxy) is 2. The summed E-state index contributed by atoms with van der Waals surface area (Å²) in [6.45, 7) is 4.67. The van der Waals surface area contributed by atoms with Crippen molar-refractivity contribution >= 4 is 6.08 Å². The van der Waals surface area contributed by atoms with Crippen molar-refractivity contribution in [2.24, 2.45) is 0 Å². The summed E-state index contributed by atoms with van der Waals surface area (Å²) in [5.74, 6) is -2.63. The highest BCUT2D eigenvalue weighted by atomic mass is 19.2. The first-order valence-corrected chi connectivity index (χ1v) is 9.18. The molecule has 27 heavy (non-hydrogen) atoms. The molecule has 1 aliphatic rings. The van der Waals surface area contributed by atoms with E-state index in [-0.39, 0.29) is 22.8 Å². The fourth-order valence-corrected chi connectivity index (χ4v) is 3.41. The average molecular weight is 376 g/mol. The van der Waals surface area contributed by atoms with E-state index in [1.54, 1.807) is 18.2 Å². The lowest BCUT2D eigenvalue weighted by molar-refractivity contribution is -0.0850. The molecular weight excluding hydrogens is 353 g/mol. The van der Waals surface area contributed by atoms with Crippen molar-refractivity contribution in [2.45, 2.75) is 38.9 Å². The Morgan fingerprint density at radius 2 is 1.85 bits per heavy atom. The molecule has 3 rings (SSSR count). The van der Waals surface area contributed by atoms with Gasteiger partial charge in [0, 0.05) is 23.3 Å². The molecule has 1 fully saturated rings. The molecule has 5 heteroatoms.